The lowest BCUT2D eigenvalue weighted by Crippen LogP contribution is -2.07. The van der Waals surface area contributed by atoms with Crippen molar-refractivity contribution in [2.24, 2.45) is 0 Å². The predicted molar refractivity (Wildman–Crippen MR) is 59.6 cm³/mol. The molecule has 0 amide bonds. The normalized spacial score (nSPS) is 10.6. The molecule has 1 N–H and O–H groups in total. The lowest BCUT2D eigenvalue weighted by molar-refractivity contribution is -0.137. The van der Waals surface area contributed by atoms with E-state index in [2.05, 4.69) is 0 Å². The summed E-state index contributed by atoms with van der Waals surface area (Å²) in [5.74, 6) is -0.976. The number of aliphatic carboxylic acids is 1. The lowest BCUT2D eigenvalue weighted by atomic mass is 10.1. The standard InChI is InChI=1S/C12H11NO3/c1-8(14)10-6-13(7-12(15)16)11-5-3-2-4-9(10)11/h2-6H,7H2,1H3,(H,15,16). The number of carbonyl (C=O) groups excluding carboxylic acids is 1. The molecule has 0 saturated heterocycles. The van der Waals surface area contributed by atoms with Crippen molar-refractivity contribution in [2.75, 3.05) is 0 Å². The molecule has 0 saturated carbocycles. The van der Waals surface area contributed by atoms with E-state index < -0.39 is 5.97 Å². The monoisotopic (exact) mass is 217 g/mol. The Hall–Kier alpha value is -2.10. The van der Waals surface area contributed by atoms with Gasteiger partial charge in [0.1, 0.15) is 6.54 Å². The van der Waals surface area contributed by atoms with Crippen molar-refractivity contribution in [3.05, 3.63) is 36.0 Å². The quantitative estimate of drug-likeness (QED) is 0.799. The number of aromatic nitrogens is 1. The molecule has 0 bridgehead atoms. The Labute approximate surface area is 92.1 Å². The van der Waals surface area contributed by atoms with E-state index in [4.69, 9.17) is 5.11 Å². The predicted octanol–water partition coefficient (Wildman–Crippen LogP) is 1.93. The van der Waals surface area contributed by atoms with Crippen molar-refractivity contribution in [2.45, 2.75) is 13.5 Å². The number of rotatable bonds is 3. The van der Waals surface area contributed by atoms with Gasteiger partial charge in [0.05, 0.1) is 0 Å². The first-order chi connectivity index (χ1) is 7.59. The largest absolute Gasteiger partial charge is 0.480 e. The molecule has 0 aliphatic heterocycles. The first kappa shape index (κ1) is 10.4. The van der Waals surface area contributed by atoms with Crippen molar-refractivity contribution in [1.82, 2.24) is 4.57 Å². The van der Waals surface area contributed by atoms with Gasteiger partial charge in [-0.2, -0.15) is 0 Å². The van der Waals surface area contributed by atoms with Crippen LogP contribution in [0.2, 0.25) is 0 Å². The highest BCUT2D eigenvalue weighted by atomic mass is 16.4. The molecule has 2 aromatic rings. The van der Waals surface area contributed by atoms with Gasteiger partial charge in [0.25, 0.3) is 0 Å². The molecule has 0 radical (unpaired) electrons. The molecule has 0 spiro atoms. The summed E-state index contributed by atoms with van der Waals surface area (Å²) < 4.78 is 1.58. The number of hydrogen-bond acceptors (Lipinski definition) is 2. The molecule has 0 aliphatic rings. The minimum atomic E-state index is -0.921. The smallest absolute Gasteiger partial charge is 0.323 e. The molecule has 1 aromatic heterocycles. The highest BCUT2D eigenvalue weighted by molar-refractivity contribution is 6.07. The number of nitrogens with zero attached hydrogens (tertiary/aromatic N) is 1. The first-order valence-corrected chi connectivity index (χ1v) is 4.90. The van der Waals surface area contributed by atoms with Gasteiger partial charge < -0.3 is 9.67 Å². The van der Waals surface area contributed by atoms with E-state index in [1.54, 1.807) is 10.8 Å². The van der Waals surface area contributed by atoms with Gasteiger partial charge in [0, 0.05) is 22.7 Å². The van der Waals surface area contributed by atoms with Crippen LogP contribution in [0.15, 0.2) is 30.5 Å². The number of hydrogen-bond donors (Lipinski definition) is 1. The Bertz CT molecular complexity index is 569. The average molecular weight is 217 g/mol. The summed E-state index contributed by atoms with van der Waals surface area (Å²) in [5, 5.41) is 9.57. The fourth-order valence-corrected chi connectivity index (χ4v) is 1.80. The molecule has 16 heavy (non-hydrogen) atoms. The van der Waals surface area contributed by atoms with Crippen molar-refractivity contribution in [3.8, 4) is 0 Å². The maximum Gasteiger partial charge on any atom is 0.323 e. The van der Waals surface area contributed by atoms with E-state index in [1.165, 1.54) is 6.92 Å². The second kappa shape index (κ2) is 3.81. The molecule has 0 unspecified atom stereocenters. The van der Waals surface area contributed by atoms with Crippen LogP contribution in [-0.4, -0.2) is 21.4 Å². The van der Waals surface area contributed by atoms with Crippen LogP contribution in [0.1, 0.15) is 17.3 Å². The van der Waals surface area contributed by atoms with E-state index in [0.717, 1.165) is 10.9 Å². The topological polar surface area (TPSA) is 59.3 Å². The summed E-state index contributed by atoms with van der Waals surface area (Å²) >= 11 is 0. The number of fused-ring (bicyclic) bond motifs is 1. The molecule has 82 valence electrons. The Balaban J connectivity index is 2.66. The number of carbonyl (C=O) groups is 2. The van der Waals surface area contributed by atoms with Crippen molar-refractivity contribution >= 4 is 22.7 Å². The molecule has 0 aliphatic carbocycles. The van der Waals surface area contributed by atoms with Gasteiger partial charge in [-0.1, -0.05) is 18.2 Å². The molecule has 2 rings (SSSR count). The Morgan fingerprint density at radius 1 is 1.31 bits per heavy atom. The number of ketones is 1. The Kier molecular flexibility index (Phi) is 2.48. The molecule has 1 heterocycles. The number of Topliss-reactive ketones (excluding diaryl/α,β-unsaturated/α-hetero) is 1. The van der Waals surface area contributed by atoms with E-state index in [9.17, 15) is 9.59 Å². The zero-order chi connectivity index (χ0) is 11.7. The average Bonchev–Trinajstić information content (AvgIpc) is 2.57. The summed E-state index contributed by atoms with van der Waals surface area (Å²) in [6.45, 7) is 1.35. The molecular formula is C12H11NO3. The molecule has 4 heteroatoms. The molecule has 1 aromatic carbocycles. The SMILES string of the molecule is CC(=O)c1cn(CC(=O)O)c2ccccc12. The summed E-state index contributed by atoms with van der Waals surface area (Å²) in [7, 11) is 0. The second-order valence-electron chi connectivity index (χ2n) is 3.64. The molecule has 4 nitrogen and oxygen atoms in total. The zero-order valence-corrected chi connectivity index (χ0v) is 8.80. The summed E-state index contributed by atoms with van der Waals surface area (Å²) in [4.78, 5) is 22.1. The van der Waals surface area contributed by atoms with Gasteiger partial charge in [-0.05, 0) is 13.0 Å². The van der Waals surface area contributed by atoms with Crippen LogP contribution in [0.25, 0.3) is 10.9 Å². The third-order valence-electron chi connectivity index (χ3n) is 2.47. The third kappa shape index (κ3) is 1.69. The molecule has 0 fully saturated rings. The van der Waals surface area contributed by atoms with E-state index in [0.29, 0.717) is 5.56 Å². The first-order valence-electron chi connectivity index (χ1n) is 4.90. The van der Waals surface area contributed by atoms with Gasteiger partial charge in [-0.25, -0.2) is 0 Å². The highest BCUT2D eigenvalue weighted by Crippen LogP contribution is 2.21. The van der Waals surface area contributed by atoms with E-state index >= 15 is 0 Å². The van der Waals surface area contributed by atoms with E-state index in [-0.39, 0.29) is 12.3 Å². The van der Waals surface area contributed by atoms with Crippen molar-refractivity contribution in [3.63, 3.8) is 0 Å². The van der Waals surface area contributed by atoms with Gasteiger partial charge in [0.2, 0.25) is 0 Å². The third-order valence-corrected chi connectivity index (χ3v) is 2.47. The number of benzene rings is 1. The van der Waals surface area contributed by atoms with Crippen LogP contribution >= 0.6 is 0 Å². The van der Waals surface area contributed by atoms with Crippen LogP contribution < -0.4 is 0 Å². The summed E-state index contributed by atoms with van der Waals surface area (Å²) in [6, 6.07) is 7.29. The zero-order valence-electron chi connectivity index (χ0n) is 8.80. The highest BCUT2D eigenvalue weighted by Gasteiger charge is 2.12. The van der Waals surface area contributed by atoms with Gasteiger partial charge >= 0.3 is 5.97 Å². The van der Waals surface area contributed by atoms with Crippen LogP contribution in [0.4, 0.5) is 0 Å². The molecule has 0 atom stereocenters. The van der Waals surface area contributed by atoms with Crippen LogP contribution in [0.5, 0.6) is 0 Å². The minimum absolute atomic E-state index is 0.0552. The molecular weight excluding hydrogens is 206 g/mol. The van der Waals surface area contributed by atoms with Gasteiger partial charge in [-0.15, -0.1) is 0 Å². The van der Waals surface area contributed by atoms with Gasteiger partial charge in [-0.3, -0.25) is 9.59 Å². The lowest BCUT2D eigenvalue weighted by Gasteiger charge is -1.99. The summed E-state index contributed by atoms with van der Waals surface area (Å²) in [5.41, 5.74) is 1.34. The fraction of sp³-hybridized carbons (Fsp3) is 0.167. The second-order valence-corrected chi connectivity index (χ2v) is 3.64. The van der Waals surface area contributed by atoms with E-state index in [1.807, 2.05) is 24.3 Å². The fourth-order valence-electron chi connectivity index (χ4n) is 1.80. The van der Waals surface area contributed by atoms with Crippen LogP contribution in [0, 0.1) is 0 Å². The Morgan fingerprint density at radius 3 is 2.62 bits per heavy atom. The van der Waals surface area contributed by atoms with Crippen LogP contribution in [0.3, 0.4) is 0 Å². The number of carboxylic acid groups (broad SMARTS) is 1. The Morgan fingerprint density at radius 2 is 2.00 bits per heavy atom. The maximum absolute atomic E-state index is 11.4. The number of para-hydroxylation sites is 1. The van der Waals surface area contributed by atoms with Crippen LogP contribution in [-0.2, 0) is 11.3 Å². The maximum atomic E-state index is 11.4. The van der Waals surface area contributed by atoms with Crippen molar-refractivity contribution in [1.29, 1.82) is 0 Å². The van der Waals surface area contributed by atoms with Crippen molar-refractivity contribution < 1.29 is 14.7 Å². The minimum Gasteiger partial charge on any atom is -0.480 e. The van der Waals surface area contributed by atoms with Gasteiger partial charge in [0.15, 0.2) is 5.78 Å². The summed E-state index contributed by atoms with van der Waals surface area (Å²) in [6.07, 6.45) is 1.60. The number of carboxylic acids is 1.